The van der Waals surface area contributed by atoms with Gasteiger partial charge in [-0.25, -0.2) is 0 Å². The van der Waals surface area contributed by atoms with Gasteiger partial charge in [0.05, 0.1) is 18.2 Å². The number of nitrogens with zero attached hydrogens (tertiary/aromatic N) is 1. The average molecular weight is 366 g/mol. The number of aliphatic carboxylic acids is 1. The third-order valence-electron chi connectivity index (χ3n) is 4.85. The number of likely N-dealkylation sites (tertiary alicyclic amines) is 1. The van der Waals surface area contributed by atoms with Crippen LogP contribution in [0.25, 0.3) is 0 Å². The van der Waals surface area contributed by atoms with Crippen molar-refractivity contribution in [2.75, 3.05) is 25.0 Å². The number of nitrogens with one attached hydrogen (secondary N) is 1. The fourth-order valence-corrected chi connectivity index (χ4v) is 3.45. The van der Waals surface area contributed by atoms with E-state index in [1.54, 1.807) is 48.5 Å². The number of hydrogen-bond donors (Lipinski definition) is 2. The summed E-state index contributed by atoms with van der Waals surface area (Å²) in [5.41, 5.74) is 1.44. The second kappa shape index (κ2) is 8.14. The van der Waals surface area contributed by atoms with Crippen molar-refractivity contribution < 1.29 is 19.5 Å². The quantitative estimate of drug-likeness (QED) is 0.767. The Morgan fingerprint density at radius 2 is 1.70 bits per heavy atom. The number of ketones is 1. The van der Waals surface area contributed by atoms with Crippen LogP contribution >= 0.6 is 0 Å². The molecule has 3 rings (SSSR count). The van der Waals surface area contributed by atoms with Crippen molar-refractivity contribution in [3.05, 3.63) is 65.7 Å². The molecule has 2 aromatic carbocycles. The maximum atomic E-state index is 12.7. The van der Waals surface area contributed by atoms with Crippen molar-refractivity contribution >= 4 is 23.3 Å². The summed E-state index contributed by atoms with van der Waals surface area (Å²) in [6.07, 6.45) is 0. The molecule has 2 atom stereocenters. The summed E-state index contributed by atoms with van der Waals surface area (Å²) in [6, 6.07) is 15.8. The normalized spacial score (nSPS) is 19.6. The van der Waals surface area contributed by atoms with Gasteiger partial charge in [0, 0.05) is 24.2 Å². The highest BCUT2D eigenvalue weighted by atomic mass is 16.4. The Bertz CT molecular complexity index is 850. The molecule has 1 aliphatic rings. The van der Waals surface area contributed by atoms with Gasteiger partial charge in [0.15, 0.2) is 5.78 Å². The number of amides is 1. The lowest BCUT2D eigenvalue weighted by Gasteiger charge is -2.16. The van der Waals surface area contributed by atoms with E-state index in [-0.39, 0.29) is 24.2 Å². The standard InChI is InChI=1S/C21H22N2O4/c1-14-11-23(12-17(14)21(26)27)13-19(24)22-18-10-6-5-9-16(18)20(25)15-7-3-2-4-8-15/h2-10,14,17H,11-13H2,1H3,(H,22,24)(H,26,27)/t14-,17-/m1/s1. The summed E-state index contributed by atoms with van der Waals surface area (Å²) in [5.74, 6) is -1.70. The summed E-state index contributed by atoms with van der Waals surface area (Å²) in [6.45, 7) is 2.90. The molecular weight excluding hydrogens is 344 g/mol. The highest BCUT2D eigenvalue weighted by molar-refractivity contribution is 6.13. The molecule has 0 spiro atoms. The van der Waals surface area contributed by atoms with Crippen LogP contribution in [0.3, 0.4) is 0 Å². The van der Waals surface area contributed by atoms with Crippen molar-refractivity contribution in [2.24, 2.45) is 11.8 Å². The molecule has 1 fully saturated rings. The summed E-state index contributed by atoms with van der Waals surface area (Å²) >= 11 is 0. The minimum absolute atomic E-state index is 0.00208. The summed E-state index contributed by atoms with van der Waals surface area (Å²) in [4.78, 5) is 38.2. The number of carboxylic acid groups (broad SMARTS) is 1. The third kappa shape index (κ3) is 4.41. The molecule has 0 unspecified atom stereocenters. The van der Waals surface area contributed by atoms with Crippen LogP contribution in [0.2, 0.25) is 0 Å². The van der Waals surface area contributed by atoms with E-state index in [2.05, 4.69) is 5.32 Å². The Balaban J connectivity index is 1.69. The van der Waals surface area contributed by atoms with Crippen LogP contribution in [-0.4, -0.2) is 47.3 Å². The van der Waals surface area contributed by atoms with Crippen molar-refractivity contribution in [3.8, 4) is 0 Å². The lowest BCUT2D eigenvalue weighted by molar-refractivity contribution is -0.142. The Morgan fingerprint density at radius 3 is 2.37 bits per heavy atom. The summed E-state index contributed by atoms with van der Waals surface area (Å²) in [7, 11) is 0. The first kappa shape index (κ1) is 18.8. The van der Waals surface area contributed by atoms with E-state index in [1.807, 2.05) is 17.9 Å². The Hall–Kier alpha value is -2.99. The molecular formula is C21H22N2O4. The van der Waals surface area contributed by atoms with Crippen LogP contribution in [0.1, 0.15) is 22.8 Å². The van der Waals surface area contributed by atoms with E-state index in [0.717, 1.165) is 0 Å². The average Bonchev–Trinajstić information content (AvgIpc) is 3.02. The van der Waals surface area contributed by atoms with E-state index in [1.165, 1.54) is 0 Å². The smallest absolute Gasteiger partial charge is 0.308 e. The van der Waals surface area contributed by atoms with Gasteiger partial charge in [-0.3, -0.25) is 19.3 Å². The van der Waals surface area contributed by atoms with Gasteiger partial charge in [-0.1, -0.05) is 49.4 Å². The lowest BCUT2D eigenvalue weighted by Crippen LogP contribution is -2.32. The number of para-hydroxylation sites is 1. The maximum Gasteiger partial charge on any atom is 0.308 e. The topological polar surface area (TPSA) is 86.7 Å². The van der Waals surface area contributed by atoms with E-state index in [9.17, 15) is 19.5 Å². The minimum atomic E-state index is -0.829. The van der Waals surface area contributed by atoms with Crippen LogP contribution < -0.4 is 5.32 Å². The lowest BCUT2D eigenvalue weighted by atomic mass is 9.99. The molecule has 27 heavy (non-hydrogen) atoms. The van der Waals surface area contributed by atoms with Crippen LogP contribution in [0, 0.1) is 11.8 Å². The van der Waals surface area contributed by atoms with E-state index in [4.69, 9.17) is 0 Å². The van der Waals surface area contributed by atoms with Gasteiger partial charge >= 0.3 is 5.97 Å². The predicted molar refractivity (Wildman–Crippen MR) is 102 cm³/mol. The van der Waals surface area contributed by atoms with Gasteiger partial charge in [0.1, 0.15) is 0 Å². The van der Waals surface area contributed by atoms with E-state index in [0.29, 0.717) is 29.9 Å². The zero-order chi connectivity index (χ0) is 19.4. The van der Waals surface area contributed by atoms with Crippen molar-refractivity contribution in [1.29, 1.82) is 0 Å². The SMILES string of the molecule is C[C@@H]1CN(CC(=O)Nc2ccccc2C(=O)c2ccccc2)C[C@H]1C(=O)O. The van der Waals surface area contributed by atoms with Gasteiger partial charge in [-0.15, -0.1) is 0 Å². The Labute approximate surface area is 157 Å². The minimum Gasteiger partial charge on any atom is -0.481 e. The highest BCUT2D eigenvalue weighted by Gasteiger charge is 2.35. The fraction of sp³-hybridized carbons (Fsp3) is 0.286. The van der Waals surface area contributed by atoms with Gasteiger partial charge in [0.25, 0.3) is 0 Å². The van der Waals surface area contributed by atoms with Crippen molar-refractivity contribution in [1.82, 2.24) is 4.90 Å². The van der Waals surface area contributed by atoms with Crippen LogP contribution in [0.15, 0.2) is 54.6 Å². The number of hydrogen-bond acceptors (Lipinski definition) is 4. The second-order valence-corrected chi connectivity index (χ2v) is 6.91. The summed E-state index contributed by atoms with van der Waals surface area (Å²) < 4.78 is 0. The molecule has 0 radical (unpaired) electrons. The van der Waals surface area contributed by atoms with Crippen LogP contribution in [-0.2, 0) is 9.59 Å². The largest absolute Gasteiger partial charge is 0.481 e. The van der Waals surface area contributed by atoms with E-state index >= 15 is 0 Å². The molecule has 0 saturated carbocycles. The monoisotopic (exact) mass is 366 g/mol. The molecule has 1 heterocycles. The molecule has 0 aromatic heterocycles. The molecule has 6 nitrogen and oxygen atoms in total. The molecule has 1 aliphatic heterocycles. The van der Waals surface area contributed by atoms with Gasteiger partial charge < -0.3 is 10.4 Å². The molecule has 0 bridgehead atoms. The highest BCUT2D eigenvalue weighted by Crippen LogP contribution is 2.23. The van der Waals surface area contributed by atoms with Gasteiger partial charge in [0.2, 0.25) is 5.91 Å². The van der Waals surface area contributed by atoms with Crippen LogP contribution in [0.4, 0.5) is 5.69 Å². The first-order valence-electron chi connectivity index (χ1n) is 8.89. The van der Waals surface area contributed by atoms with Crippen LogP contribution in [0.5, 0.6) is 0 Å². The molecule has 1 saturated heterocycles. The molecule has 1 amide bonds. The number of carbonyl (C=O) groups is 3. The number of rotatable bonds is 6. The van der Waals surface area contributed by atoms with Gasteiger partial charge in [-0.05, 0) is 18.1 Å². The molecule has 2 N–H and O–H groups in total. The first-order valence-corrected chi connectivity index (χ1v) is 8.89. The third-order valence-corrected chi connectivity index (χ3v) is 4.85. The zero-order valence-electron chi connectivity index (χ0n) is 15.1. The van der Waals surface area contributed by atoms with Gasteiger partial charge in [-0.2, -0.15) is 0 Å². The Kier molecular flexibility index (Phi) is 5.66. The van der Waals surface area contributed by atoms with E-state index < -0.39 is 11.9 Å². The van der Waals surface area contributed by atoms with Crippen molar-refractivity contribution in [2.45, 2.75) is 6.92 Å². The Morgan fingerprint density at radius 1 is 1.04 bits per heavy atom. The maximum absolute atomic E-state index is 12.7. The zero-order valence-corrected chi connectivity index (χ0v) is 15.1. The number of anilines is 1. The molecule has 0 aliphatic carbocycles. The molecule has 2 aromatic rings. The molecule has 140 valence electrons. The predicted octanol–water partition coefficient (Wildman–Crippen LogP) is 2.51. The second-order valence-electron chi connectivity index (χ2n) is 6.91. The fourth-order valence-electron chi connectivity index (χ4n) is 3.45. The number of carboxylic acids is 1. The van der Waals surface area contributed by atoms with Crippen molar-refractivity contribution in [3.63, 3.8) is 0 Å². The first-order chi connectivity index (χ1) is 13.0. The summed E-state index contributed by atoms with van der Waals surface area (Å²) in [5, 5.41) is 12.0. The molecule has 6 heteroatoms. The number of carbonyl (C=O) groups excluding carboxylic acids is 2. The number of benzene rings is 2.